The number of halogens is 1. The SMILES string of the molecule is CCS(=O)(=O)N1CC(c2nc(C)no2)C2(CN(C(=O)c3ccncc3F)C2)C1. The number of likely N-dealkylation sites (tertiary alicyclic amines) is 1. The number of carbonyl (C=O) groups is 1. The Bertz CT molecular complexity index is 1020. The van der Waals surface area contributed by atoms with Crippen LogP contribution in [0, 0.1) is 18.2 Å². The normalized spacial score (nSPS) is 21.8. The number of pyridine rings is 1. The van der Waals surface area contributed by atoms with E-state index in [0.29, 0.717) is 11.7 Å². The van der Waals surface area contributed by atoms with Gasteiger partial charge in [0, 0.05) is 37.8 Å². The highest BCUT2D eigenvalue weighted by atomic mass is 32.2. The molecule has 4 rings (SSSR count). The minimum Gasteiger partial charge on any atom is -0.339 e. The Morgan fingerprint density at radius 3 is 2.75 bits per heavy atom. The van der Waals surface area contributed by atoms with Crippen LogP contribution in [0.3, 0.4) is 0 Å². The molecule has 1 spiro atoms. The van der Waals surface area contributed by atoms with Crippen molar-refractivity contribution >= 4 is 15.9 Å². The smallest absolute Gasteiger partial charge is 0.256 e. The largest absolute Gasteiger partial charge is 0.339 e. The monoisotopic (exact) mass is 409 g/mol. The van der Waals surface area contributed by atoms with Crippen molar-refractivity contribution in [3.63, 3.8) is 0 Å². The average Bonchev–Trinajstić information content (AvgIpc) is 3.24. The lowest BCUT2D eigenvalue weighted by atomic mass is 9.71. The van der Waals surface area contributed by atoms with Crippen molar-refractivity contribution in [2.45, 2.75) is 19.8 Å². The molecule has 4 heterocycles. The number of rotatable bonds is 4. The standard InChI is InChI=1S/C17H20FN5O4S/c1-3-28(25,26)23-7-13(15-20-11(2)21-27-15)17(10-23)8-22(9-17)16(24)12-4-5-19-6-14(12)18/h4-6,13H,3,7-10H2,1-2H3. The number of hydrogen-bond acceptors (Lipinski definition) is 7. The molecule has 9 nitrogen and oxygen atoms in total. The molecule has 2 fully saturated rings. The minimum absolute atomic E-state index is 0.0104. The molecule has 11 heteroatoms. The van der Waals surface area contributed by atoms with Crippen LogP contribution in [0.25, 0.3) is 0 Å². The molecule has 2 aromatic heterocycles. The fraction of sp³-hybridized carbons (Fsp3) is 0.529. The molecular formula is C17H20FN5O4S. The molecule has 28 heavy (non-hydrogen) atoms. The Labute approximate surface area is 161 Å². The summed E-state index contributed by atoms with van der Waals surface area (Å²) in [4.78, 5) is 22.1. The van der Waals surface area contributed by atoms with E-state index in [1.54, 1.807) is 13.8 Å². The van der Waals surface area contributed by atoms with Crippen molar-refractivity contribution in [1.29, 1.82) is 0 Å². The van der Waals surface area contributed by atoms with Gasteiger partial charge >= 0.3 is 0 Å². The van der Waals surface area contributed by atoms with Crippen LogP contribution in [0.5, 0.6) is 0 Å². The summed E-state index contributed by atoms with van der Waals surface area (Å²) in [6, 6.07) is 1.34. The van der Waals surface area contributed by atoms with Gasteiger partial charge in [0.25, 0.3) is 5.91 Å². The maximum absolute atomic E-state index is 13.9. The lowest BCUT2D eigenvalue weighted by Crippen LogP contribution is -2.61. The van der Waals surface area contributed by atoms with E-state index in [1.807, 2.05) is 0 Å². The Hall–Kier alpha value is -2.40. The third-order valence-corrected chi connectivity index (χ3v) is 7.31. The third kappa shape index (κ3) is 2.98. The van der Waals surface area contributed by atoms with E-state index in [-0.39, 0.29) is 43.4 Å². The van der Waals surface area contributed by atoms with Gasteiger partial charge in [-0.15, -0.1) is 0 Å². The van der Waals surface area contributed by atoms with E-state index in [1.165, 1.54) is 21.5 Å². The molecule has 2 aromatic rings. The number of hydrogen-bond donors (Lipinski definition) is 0. The van der Waals surface area contributed by atoms with Gasteiger partial charge < -0.3 is 9.42 Å². The third-order valence-electron chi connectivity index (χ3n) is 5.52. The van der Waals surface area contributed by atoms with Gasteiger partial charge in [0.05, 0.1) is 23.4 Å². The molecule has 0 aromatic carbocycles. The molecule has 2 aliphatic rings. The van der Waals surface area contributed by atoms with Crippen molar-refractivity contribution in [2.24, 2.45) is 5.41 Å². The predicted molar refractivity (Wildman–Crippen MR) is 95.3 cm³/mol. The Morgan fingerprint density at radius 2 is 2.14 bits per heavy atom. The van der Waals surface area contributed by atoms with Crippen molar-refractivity contribution in [2.75, 3.05) is 31.9 Å². The van der Waals surface area contributed by atoms with Crippen LogP contribution >= 0.6 is 0 Å². The highest BCUT2D eigenvalue weighted by molar-refractivity contribution is 7.89. The molecule has 1 atom stereocenters. The van der Waals surface area contributed by atoms with E-state index in [4.69, 9.17) is 4.52 Å². The quantitative estimate of drug-likeness (QED) is 0.735. The second-order valence-corrected chi connectivity index (χ2v) is 9.56. The summed E-state index contributed by atoms with van der Waals surface area (Å²) in [6.45, 7) is 4.35. The molecule has 0 bridgehead atoms. The van der Waals surface area contributed by atoms with Gasteiger partial charge in [0.1, 0.15) is 0 Å². The highest BCUT2D eigenvalue weighted by Crippen LogP contribution is 2.49. The summed E-state index contributed by atoms with van der Waals surface area (Å²) >= 11 is 0. The molecule has 2 aliphatic heterocycles. The van der Waals surface area contributed by atoms with Gasteiger partial charge in [-0.25, -0.2) is 17.1 Å². The number of aryl methyl sites for hydroxylation is 1. The lowest BCUT2D eigenvalue weighted by Gasteiger charge is -2.50. The van der Waals surface area contributed by atoms with Gasteiger partial charge in [-0.1, -0.05) is 5.16 Å². The second-order valence-electron chi connectivity index (χ2n) is 7.30. The first-order valence-corrected chi connectivity index (χ1v) is 10.5. The molecule has 1 amide bonds. The van der Waals surface area contributed by atoms with Crippen LogP contribution in [0.15, 0.2) is 23.0 Å². The van der Waals surface area contributed by atoms with Crippen LogP contribution < -0.4 is 0 Å². The van der Waals surface area contributed by atoms with Crippen LogP contribution in [-0.4, -0.2) is 70.6 Å². The van der Waals surface area contributed by atoms with Crippen molar-refractivity contribution < 1.29 is 22.1 Å². The Balaban J connectivity index is 1.60. The van der Waals surface area contributed by atoms with Crippen LogP contribution in [0.1, 0.15) is 34.9 Å². The molecule has 1 unspecified atom stereocenters. The van der Waals surface area contributed by atoms with Crippen LogP contribution in [-0.2, 0) is 10.0 Å². The number of sulfonamides is 1. The Kier molecular flexibility index (Phi) is 4.46. The summed E-state index contributed by atoms with van der Waals surface area (Å²) < 4.78 is 45.5. The second kappa shape index (κ2) is 6.59. The van der Waals surface area contributed by atoms with Crippen molar-refractivity contribution in [3.8, 4) is 0 Å². The van der Waals surface area contributed by atoms with Gasteiger partial charge in [0.15, 0.2) is 11.6 Å². The first kappa shape index (κ1) is 18.9. The number of carbonyl (C=O) groups excluding carboxylic acids is 1. The van der Waals surface area contributed by atoms with Crippen molar-refractivity contribution in [1.82, 2.24) is 24.3 Å². The number of amides is 1. The summed E-state index contributed by atoms with van der Waals surface area (Å²) in [5.41, 5.74) is -0.577. The Morgan fingerprint density at radius 1 is 1.39 bits per heavy atom. The maximum atomic E-state index is 13.9. The molecule has 0 N–H and O–H groups in total. The van der Waals surface area contributed by atoms with E-state index < -0.39 is 27.2 Å². The number of aromatic nitrogens is 3. The van der Waals surface area contributed by atoms with E-state index >= 15 is 0 Å². The molecular weight excluding hydrogens is 389 g/mol. The average molecular weight is 409 g/mol. The zero-order valence-electron chi connectivity index (χ0n) is 15.5. The molecule has 0 radical (unpaired) electrons. The minimum atomic E-state index is -3.40. The van der Waals surface area contributed by atoms with Gasteiger partial charge in [-0.2, -0.15) is 4.98 Å². The summed E-state index contributed by atoms with van der Waals surface area (Å²) in [5, 5.41) is 3.81. The van der Waals surface area contributed by atoms with Gasteiger partial charge in [0.2, 0.25) is 15.9 Å². The van der Waals surface area contributed by atoms with Crippen LogP contribution in [0.2, 0.25) is 0 Å². The topological polar surface area (TPSA) is 110 Å². The zero-order valence-corrected chi connectivity index (χ0v) is 16.3. The fourth-order valence-corrected chi connectivity index (χ4v) is 5.20. The van der Waals surface area contributed by atoms with Gasteiger partial charge in [-0.05, 0) is 19.9 Å². The molecule has 0 saturated carbocycles. The highest BCUT2D eigenvalue weighted by Gasteiger charge is 2.59. The summed E-state index contributed by atoms with van der Waals surface area (Å²) in [6.07, 6.45) is 2.36. The zero-order chi connectivity index (χ0) is 20.1. The van der Waals surface area contributed by atoms with Crippen molar-refractivity contribution in [3.05, 3.63) is 41.6 Å². The van der Waals surface area contributed by atoms with E-state index in [2.05, 4.69) is 15.1 Å². The molecule has 0 aliphatic carbocycles. The van der Waals surface area contributed by atoms with Crippen LogP contribution in [0.4, 0.5) is 4.39 Å². The van der Waals surface area contributed by atoms with Gasteiger partial charge in [-0.3, -0.25) is 9.78 Å². The molecule has 2 saturated heterocycles. The lowest BCUT2D eigenvalue weighted by molar-refractivity contribution is 0.000965. The summed E-state index contributed by atoms with van der Waals surface area (Å²) in [7, 11) is -3.40. The van der Waals surface area contributed by atoms with E-state index in [0.717, 1.165) is 6.20 Å². The number of nitrogens with zero attached hydrogens (tertiary/aromatic N) is 5. The molecule has 150 valence electrons. The first-order valence-electron chi connectivity index (χ1n) is 8.92. The maximum Gasteiger partial charge on any atom is 0.256 e. The predicted octanol–water partition coefficient (Wildman–Crippen LogP) is 0.803. The first-order chi connectivity index (χ1) is 13.3. The fourth-order valence-electron chi connectivity index (χ4n) is 4.01. The van der Waals surface area contributed by atoms with E-state index in [9.17, 15) is 17.6 Å². The summed E-state index contributed by atoms with van der Waals surface area (Å²) in [5.74, 6) is -0.617.